The lowest BCUT2D eigenvalue weighted by Gasteiger charge is -2.35. The fourth-order valence-corrected chi connectivity index (χ4v) is 6.59. The number of aryl methyl sites for hydroxylation is 1. The Kier molecular flexibility index (Phi) is 11.1. The summed E-state index contributed by atoms with van der Waals surface area (Å²) >= 11 is 6.33. The molecule has 1 fully saturated rings. The molecule has 3 aromatic carbocycles. The molecule has 1 unspecified atom stereocenters. The number of ether oxygens (including phenoxy) is 1. The summed E-state index contributed by atoms with van der Waals surface area (Å²) in [6, 6.07) is 21.0. The first-order valence-corrected chi connectivity index (χ1v) is 16.8. The van der Waals surface area contributed by atoms with Crippen molar-refractivity contribution >= 4 is 39.1 Å². The van der Waals surface area contributed by atoms with Gasteiger partial charge in [0.1, 0.15) is 18.3 Å². The number of carbonyl (C=O) groups excluding carboxylic acids is 2. The molecule has 0 saturated heterocycles. The molecule has 3 aromatic rings. The highest BCUT2D eigenvalue weighted by Gasteiger charge is 2.34. The molecule has 1 N–H and O–H groups in total. The average molecular weight is 626 g/mol. The molecule has 1 atom stereocenters. The van der Waals surface area contributed by atoms with Gasteiger partial charge in [0.25, 0.3) is 0 Å². The highest BCUT2D eigenvalue weighted by molar-refractivity contribution is 7.92. The summed E-state index contributed by atoms with van der Waals surface area (Å²) < 4.78 is 32.3. The molecule has 1 aliphatic rings. The van der Waals surface area contributed by atoms with Crippen LogP contribution in [-0.4, -0.2) is 57.1 Å². The van der Waals surface area contributed by atoms with Crippen LogP contribution in [0.1, 0.15) is 48.8 Å². The van der Waals surface area contributed by atoms with Gasteiger partial charge in [0.15, 0.2) is 0 Å². The van der Waals surface area contributed by atoms with Crippen LogP contribution >= 0.6 is 11.6 Å². The van der Waals surface area contributed by atoms with Crippen LogP contribution in [0.2, 0.25) is 5.02 Å². The maximum Gasteiger partial charge on any atom is 0.244 e. The van der Waals surface area contributed by atoms with Crippen molar-refractivity contribution in [1.82, 2.24) is 10.2 Å². The number of nitrogens with one attached hydrogen (secondary N) is 1. The van der Waals surface area contributed by atoms with Gasteiger partial charge in [-0.1, -0.05) is 85.5 Å². The van der Waals surface area contributed by atoms with E-state index in [1.54, 1.807) is 12.1 Å². The van der Waals surface area contributed by atoms with Crippen LogP contribution in [0.4, 0.5) is 5.69 Å². The van der Waals surface area contributed by atoms with Gasteiger partial charge in [-0.3, -0.25) is 13.9 Å². The number of methoxy groups -OCH3 is 1. The van der Waals surface area contributed by atoms with E-state index in [1.165, 1.54) is 18.1 Å². The molecule has 2 amide bonds. The van der Waals surface area contributed by atoms with Crippen molar-refractivity contribution in [2.45, 2.75) is 64.1 Å². The largest absolute Gasteiger partial charge is 0.495 e. The number of halogens is 1. The first-order chi connectivity index (χ1) is 20.6. The molecule has 0 spiro atoms. The minimum absolute atomic E-state index is 0.0453. The number of rotatable bonds is 12. The third-order valence-electron chi connectivity index (χ3n) is 7.93. The van der Waals surface area contributed by atoms with Gasteiger partial charge in [0.05, 0.1) is 24.1 Å². The molecule has 230 valence electrons. The SMILES string of the molecule is COc1ccc(N(CC(=O)N(Cc2ccccc2C)C(Cc2ccccc2)C(=O)NC2CCCCC2)S(C)(=O)=O)cc1Cl. The van der Waals surface area contributed by atoms with E-state index in [4.69, 9.17) is 16.3 Å². The monoisotopic (exact) mass is 625 g/mol. The smallest absolute Gasteiger partial charge is 0.244 e. The van der Waals surface area contributed by atoms with Gasteiger partial charge in [-0.05, 0) is 54.7 Å². The summed E-state index contributed by atoms with van der Waals surface area (Å²) in [6.07, 6.45) is 6.37. The molecule has 1 aliphatic carbocycles. The summed E-state index contributed by atoms with van der Waals surface area (Å²) in [7, 11) is -2.44. The van der Waals surface area contributed by atoms with E-state index >= 15 is 0 Å². The number of anilines is 1. The maximum atomic E-state index is 14.3. The highest BCUT2D eigenvalue weighted by Crippen LogP contribution is 2.30. The maximum absolute atomic E-state index is 14.3. The first-order valence-electron chi connectivity index (χ1n) is 14.6. The van der Waals surface area contributed by atoms with Crippen LogP contribution in [0, 0.1) is 6.92 Å². The van der Waals surface area contributed by atoms with E-state index in [1.807, 2.05) is 61.5 Å². The van der Waals surface area contributed by atoms with Crippen molar-refractivity contribution in [2.75, 3.05) is 24.2 Å². The normalized spacial score (nSPS) is 14.5. The lowest BCUT2D eigenvalue weighted by Crippen LogP contribution is -2.55. The molecule has 1 saturated carbocycles. The Morgan fingerprint density at radius 1 is 1.00 bits per heavy atom. The van der Waals surface area contributed by atoms with E-state index in [-0.39, 0.29) is 35.6 Å². The molecule has 0 aromatic heterocycles. The van der Waals surface area contributed by atoms with Gasteiger partial charge in [0, 0.05) is 19.0 Å². The number of benzene rings is 3. The van der Waals surface area contributed by atoms with Crippen molar-refractivity contribution in [3.63, 3.8) is 0 Å². The molecule has 0 radical (unpaired) electrons. The number of hydrogen-bond acceptors (Lipinski definition) is 5. The number of hydrogen-bond donors (Lipinski definition) is 1. The first kappa shape index (κ1) is 32.4. The predicted octanol–water partition coefficient (Wildman–Crippen LogP) is 5.51. The van der Waals surface area contributed by atoms with E-state index in [0.717, 1.165) is 59.4 Å². The lowest BCUT2D eigenvalue weighted by atomic mass is 9.94. The van der Waals surface area contributed by atoms with Gasteiger partial charge < -0.3 is 15.0 Å². The lowest BCUT2D eigenvalue weighted by molar-refractivity contribution is -0.140. The molecular formula is C33H40ClN3O5S. The molecule has 4 rings (SSSR count). The van der Waals surface area contributed by atoms with Crippen LogP contribution in [0.25, 0.3) is 0 Å². The minimum Gasteiger partial charge on any atom is -0.495 e. The fraction of sp³-hybridized carbons (Fsp3) is 0.394. The fourth-order valence-electron chi connectivity index (χ4n) is 5.49. The molecule has 43 heavy (non-hydrogen) atoms. The van der Waals surface area contributed by atoms with Crippen molar-refractivity contribution in [1.29, 1.82) is 0 Å². The molecule has 0 heterocycles. The summed E-state index contributed by atoms with van der Waals surface area (Å²) in [4.78, 5) is 29.9. The highest BCUT2D eigenvalue weighted by atomic mass is 35.5. The number of sulfonamides is 1. The summed E-state index contributed by atoms with van der Waals surface area (Å²) in [5.41, 5.74) is 2.96. The van der Waals surface area contributed by atoms with Crippen molar-refractivity contribution in [2.24, 2.45) is 0 Å². The Bertz CT molecular complexity index is 1510. The summed E-state index contributed by atoms with van der Waals surface area (Å²) in [5, 5.41) is 3.43. The van der Waals surface area contributed by atoms with Crippen LogP contribution < -0.4 is 14.4 Å². The number of amides is 2. The second-order valence-electron chi connectivity index (χ2n) is 11.1. The van der Waals surface area contributed by atoms with E-state index in [2.05, 4.69) is 5.32 Å². The van der Waals surface area contributed by atoms with Gasteiger partial charge in [-0.25, -0.2) is 8.42 Å². The van der Waals surface area contributed by atoms with Gasteiger partial charge >= 0.3 is 0 Å². The molecule has 0 bridgehead atoms. The zero-order chi connectivity index (χ0) is 31.0. The van der Waals surface area contributed by atoms with Crippen LogP contribution in [0.5, 0.6) is 5.75 Å². The third kappa shape index (κ3) is 8.74. The quantitative estimate of drug-likeness (QED) is 0.286. The van der Waals surface area contributed by atoms with E-state index < -0.39 is 28.5 Å². The Hall–Kier alpha value is -3.56. The zero-order valence-electron chi connectivity index (χ0n) is 25.0. The predicted molar refractivity (Wildman–Crippen MR) is 171 cm³/mol. The summed E-state index contributed by atoms with van der Waals surface area (Å²) in [6.45, 7) is 1.59. The van der Waals surface area contributed by atoms with Crippen molar-refractivity contribution in [3.05, 3.63) is 94.5 Å². The minimum atomic E-state index is -3.91. The van der Waals surface area contributed by atoms with Crippen LogP contribution in [0.3, 0.4) is 0 Å². The van der Waals surface area contributed by atoms with Gasteiger partial charge in [0.2, 0.25) is 21.8 Å². The Morgan fingerprint density at radius 2 is 1.67 bits per heavy atom. The molecule has 0 aliphatic heterocycles. The topological polar surface area (TPSA) is 96.0 Å². The van der Waals surface area contributed by atoms with Crippen LogP contribution in [0.15, 0.2) is 72.8 Å². The second kappa shape index (κ2) is 14.8. The Morgan fingerprint density at radius 3 is 2.30 bits per heavy atom. The third-order valence-corrected chi connectivity index (χ3v) is 9.36. The number of nitrogens with zero attached hydrogens (tertiary/aromatic N) is 2. The van der Waals surface area contributed by atoms with Gasteiger partial charge in [-0.15, -0.1) is 0 Å². The Balaban J connectivity index is 1.74. The van der Waals surface area contributed by atoms with E-state index in [0.29, 0.717) is 5.75 Å². The number of carbonyl (C=O) groups is 2. The average Bonchev–Trinajstić information content (AvgIpc) is 2.99. The standard InChI is InChI=1S/C33H40ClN3O5S/c1-24-12-10-11-15-26(24)22-36(32(38)23-37(43(3,40)41)28-18-19-31(42-2)29(34)21-28)30(20-25-13-6-4-7-14-25)33(39)35-27-16-8-5-9-17-27/h4,6-7,10-15,18-19,21,27,30H,5,8-9,16-17,20,22-23H2,1-3H3,(H,35,39). The van der Waals surface area contributed by atoms with Gasteiger partial charge in [-0.2, -0.15) is 0 Å². The zero-order valence-corrected chi connectivity index (χ0v) is 26.5. The van der Waals surface area contributed by atoms with Crippen LogP contribution in [-0.2, 0) is 32.6 Å². The van der Waals surface area contributed by atoms with Crippen molar-refractivity contribution in [3.8, 4) is 5.75 Å². The molecule has 10 heteroatoms. The van der Waals surface area contributed by atoms with E-state index in [9.17, 15) is 18.0 Å². The molecular weight excluding hydrogens is 586 g/mol. The summed E-state index contributed by atoms with van der Waals surface area (Å²) in [5.74, 6) is -0.356. The van der Waals surface area contributed by atoms with Crippen molar-refractivity contribution < 1.29 is 22.7 Å². The second-order valence-corrected chi connectivity index (χ2v) is 13.4. The Labute approximate surface area is 260 Å². The molecule has 8 nitrogen and oxygen atoms in total.